The number of aliphatic hydroxyl groups is 1. The highest BCUT2D eigenvalue weighted by atomic mass is 32.1. The van der Waals surface area contributed by atoms with Gasteiger partial charge in [0.25, 0.3) is 0 Å². The van der Waals surface area contributed by atoms with Gasteiger partial charge in [0.2, 0.25) is 0 Å². The molecule has 1 aromatic rings. The summed E-state index contributed by atoms with van der Waals surface area (Å²) >= 11 is 1.56. The molecular formula is C13H13NO3S. The van der Waals surface area contributed by atoms with Gasteiger partial charge in [0, 0.05) is 4.88 Å². The van der Waals surface area contributed by atoms with Gasteiger partial charge in [-0.15, -0.1) is 11.3 Å². The van der Waals surface area contributed by atoms with Crippen LogP contribution in [0, 0.1) is 6.92 Å². The van der Waals surface area contributed by atoms with Crippen LogP contribution in [0.5, 0.6) is 0 Å². The van der Waals surface area contributed by atoms with Gasteiger partial charge in [0.1, 0.15) is 11.3 Å². The van der Waals surface area contributed by atoms with Gasteiger partial charge in [-0.2, -0.15) is 0 Å². The second kappa shape index (κ2) is 4.78. The van der Waals surface area contributed by atoms with Crippen molar-refractivity contribution in [1.29, 1.82) is 0 Å². The molecule has 18 heavy (non-hydrogen) atoms. The van der Waals surface area contributed by atoms with E-state index in [2.05, 4.69) is 9.73 Å². The third-order valence-electron chi connectivity index (χ3n) is 2.69. The minimum atomic E-state index is -0.569. The molecule has 5 heteroatoms. The molecule has 0 saturated heterocycles. The van der Waals surface area contributed by atoms with Crippen LogP contribution >= 0.6 is 11.3 Å². The molecule has 1 aromatic heterocycles. The zero-order valence-corrected chi connectivity index (χ0v) is 11.2. The Kier molecular flexibility index (Phi) is 3.34. The van der Waals surface area contributed by atoms with Crippen molar-refractivity contribution in [3.63, 3.8) is 0 Å². The third-order valence-corrected chi connectivity index (χ3v) is 3.65. The summed E-state index contributed by atoms with van der Waals surface area (Å²) in [4.78, 5) is 16.7. The predicted octanol–water partition coefficient (Wildman–Crippen LogP) is 2.86. The normalized spacial score (nSPS) is 17.3. The van der Waals surface area contributed by atoms with E-state index in [1.165, 1.54) is 7.11 Å². The fourth-order valence-corrected chi connectivity index (χ4v) is 2.54. The largest absolute Gasteiger partial charge is 0.505 e. The van der Waals surface area contributed by atoms with E-state index >= 15 is 0 Å². The SMILES string of the molecule is COC(=O)C1=C(O)/C(=C\c2sccc2C)N=C1C. The first-order valence-corrected chi connectivity index (χ1v) is 6.26. The molecule has 0 saturated carbocycles. The Balaban J connectivity index is 2.45. The fraction of sp³-hybridized carbons (Fsp3) is 0.231. The maximum Gasteiger partial charge on any atom is 0.343 e. The Morgan fingerprint density at radius 2 is 2.22 bits per heavy atom. The fourth-order valence-electron chi connectivity index (χ4n) is 1.69. The zero-order chi connectivity index (χ0) is 13.3. The number of hydrogen-bond acceptors (Lipinski definition) is 5. The summed E-state index contributed by atoms with van der Waals surface area (Å²) in [6, 6.07) is 1.99. The first-order chi connectivity index (χ1) is 8.54. The molecule has 0 unspecified atom stereocenters. The molecule has 0 bridgehead atoms. The number of methoxy groups -OCH3 is 1. The molecule has 1 aliphatic rings. The average Bonchev–Trinajstić information content (AvgIpc) is 2.85. The van der Waals surface area contributed by atoms with E-state index in [1.807, 2.05) is 18.4 Å². The van der Waals surface area contributed by atoms with Crippen molar-refractivity contribution < 1.29 is 14.6 Å². The molecule has 0 aliphatic carbocycles. The van der Waals surface area contributed by atoms with Crippen LogP contribution < -0.4 is 0 Å². The minimum absolute atomic E-state index is 0.118. The number of aliphatic hydroxyl groups excluding tert-OH is 1. The van der Waals surface area contributed by atoms with Crippen LogP contribution in [0.3, 0.4) is 0 Å². The van der Waals surface area contributed by atoms with Crippen molar-refractivity contribution in [3.05, 3.63) is 38.9 Å². The van der Waals surface area contributed by atoms with Crippen LogP contribution in [0.25, 0.3) is 6.08 Å². The lowest BCUT2D eigenvalue weighted by atomic mass is 10.1. The maximum absolute atomic E-state index is 11.5. The van der Waals surface area contributed by atoms with Crippen molar-refractivity contribution >= 4 is 29.1 Å². The molecular weight excluding hydrogens is 250 g/mol. The summed E-state index contributed by atoms with van der Waals surface area (Å²) in [5, 5.41) is 12.0. The number of carbonyl (C=O) groups excluding carboxylic acids is 1. The van der Waals surface area contributed by atoms with E-state index in [0.717, 1.165) is 10.4 Å². The Hall–Kier alpha value is -1.88. The molecule has 94 valence electrons. The third kappa shape index (κ3) is 2.09. The Labute approximate surface area is 109 Å². The molecule has 2 rings (SSSR count). The van der Waals surface area contributed by atoms with Crippen molar-refractivity contribution in [2.45, 2.75) is 13.8 Å². The molecule has 1 aliphatic heterocycles. The van der Waals surface area contributed by atoms with Crippen molar-refractivity contribution in [1.82, 2.24) is 0 Å². The van der Waals surface area contributed by atoms with Gasteiger partial charge < -0.3 is 9.84 Å². The summed E-state index contributed by atoms with van der Waals surface area (Å²) in [6.45, 7) is 3.65. The number of aryl methyl sites for hydroxylation is 1. The monoisotopic (exact) mass is 263 g/mol. The van der Waals surface area contributed by atoms with Gasteiger partial charge in [-0.25, -0.2) is 9.79 Å². The van der Waals surface area contributed by atoms with Crippen LogP contribution in [0.4, 0.5) is 0 Å². The Bertz CT molecular complexity index is 593. The van der Waals surface area contributed by atoms with E-state index in [4.69, 9.17) is 0 Å². The molecule has 0 atom stereocenters. The van der Waals surface area contributed by atoms with Crippen molar-refractivity contribution in [2.24, 2.45) is 4.99 Å². The lowest BCUT2D eigenvalue weighted by molar-refractivity contribution is -0.135. The highest BCUT2D eigenvalue weighted by molar-refractivity contribution is 7.11. The summed E-state index contributed by atoms with van der Waals surface area (Å²) in [5.41, 5.74) is 2.12. The van der Waals surface area contributed by atoms with Gasteiger partial charge in [0.05, 0.1) is 12.8 Å². The molecule has 0 spiro atoms. The number of carbonyl (C=O) groups is 1. The van der Waals surface area contributed by atoms with Crippen molar-refractivity contribution in [3.8, 4) is 0 Å². The van der Waals surface area contributed by atoms with Crippen LogP contribution in [0.1, 0.15) is 17.4 Å². The zero-order valence-electron chi connectivity index (χ0n) is 10.4. The molecule has 0 amide bonds. The number of esters is 1. The predicted molar refractivity (Wildman–Crippen MR) is 71.8 cm³/mol. The van der Waals surface area contributed by atoms with Crippen LogP contribution in [0.15, 0.2) is 33.5 Å². The molecule has 0 aromatic carbocycles. The van der Waals surface area contributed by atoms with E-state index < -0.39 is 5.97 Å². The van der Waals surface area contributed by atoms with Crippen LogP contribution in [-0.2, 0) is 9.53 Å². The molecule has 0 fully saturated rings. The van der Waals surface area contributed by atoms with Crippen molar-refractivity contribution in [2.75, 3.05) is 7.11 Å². The van der Waals surface area contributed by atoms with E-state index in [9.17, 15) is 9.90 Å². The first-order valence-electron chi connectivity index (χ1n) is 5.38. The lowest BCUT2D eigenvalue weighted by Crippen LogP contribution is -2.11. The first kappa shape index (κ1) is 12.6. The molecule has 4 nitrogen and oxygen atoms in total. The number of ether oxygens (including phenoxy) is 1. The number of rotatable bonds is 2. The molecule has 0 radical (unpaired) electrons. The minimum Gasteiger partial charge on any atom is -0.505 e. The van der Waals surface area contributed by atoms with Gasteiger partial charge in [0.15, 0.2) is 5.76 Å². The summed E-state index contributed by atoms with van der Waals surface area (Å²) < 4.78 is 4.62. The number of nitrogens with zero attached hydrogens (tertiary/aromatic N) is 1. The second-order valence-electron chi connectivity index (χ2n) is 3.91. The van der Waals surface area contributed by atoms with Crippen LogP contribution in [-0.4, -0.2) is 23.9 Å². The van der Waals surface area contributed by atoms with Gasteiger partial charge in [-0.05, 0) is 36.9 Å². The van der Waals surface area contributed by atoms with E-state index in [-0.39, 0.29) is 11.3 Å². The highest BCUT2D eigenvalue weighted by Crippen LogP contribution is 2.28. The van der Waals surface area contributed by atoms with E-state index in [1.54, 1.807) is 24.3 Å². The number of thiophene rings is 1. The summed E-state index contributed by atoms with van der Waals surface area (Å²) in [6.07, 6.45) is 1.77. The standard InChI is InChI=1S/C13H13NO3S/c1-7-4-5-18-10(7)6-9-12(15)11(8(2)14-9)13(16)17-3/h4-6,15H,1-3H3/b9-6+. The average molecular weight is 263 g/mol. The second-order valence-corrected chi connectivity index (χ2v) is 4.86. The maximum atomic E-state index is 11.5. The smallest absolute Gasteiger partial charge is 0.343 e. The Morgan fingerprint density at radius 3 is 2.78 bits per heavy atom. The van der Waals surface area contributed by atoms with Gasteiger partial charge in [-0.3, -0.25) is 0 Å². The van der Waals surface area contributed by atoms with E-state index in [0.29, 0.717) is 11.4 Å². The van der Waals surface area contributed by atoms with Gasteiger partial charge in [-0.1, -0.05) is 0 Å². The van der Waals surface area contributed by atoms with Crippen LogP contribution in [0.2, 0.25) is 0 Å². The quantitative estimate of drug-likeness (QED) is 0.835. The topological polar surface area (TPSA) is 58.9 Å². The molecule has 2 heterocycles. The highest BCUT2D eigenvalue weighted by Gasteiger charge is 2.27. The summed E-state index contributed by atoms with van der Waals surface area (Å²) in [5.74, 6) is -0.688. The number of aliphatic imine (C=N–C) groups is 1. The number of hydrogen-bond donors (Lipinski definition) is 1. The van der Waals surface area contributed by atoms with Gasteiger partial charge >= 0.3 is 5.97 Å². The summed E-state index contributed by atoms with van der Waals surface area (Å²) in [7, 11) is 1.28. The molecule has 1 N–H and O–H groups in total. The Morgan fingerprint density at radius 1 is 1.50 bits per heavy atom. The lowest BCUT2D eigenvalue weighted by Gasteiger charge is -2.00.